The SMILES string of the molecule is CC(C)(CCCCSCCCCC(C)(C)C1CCC(=O)O1)C1CCC(=O)O1. The van der Waals surface area contributed by atoms with Crippen LogP contribution in [0.4, 0.5) is 0 Å². The van der Waals surface area contributed by atoms with E-state index in [2.05, 4.69) is 27.7 Å². The van der Waals surface area contributed by atoms with Crippen LogP contribution in [0.15, 0.2) is 0 Å². The molecular weight excluding hydrogens is 360 g/mol. The molecule has 2 unspecified atom stereocenters. The van der Waals surface area contributed by atoms with E-state index >= 15 is 0 Å². The first-order valence-electron chi connectivity index (χ1n) is 10.7. The van der Waals surface area contributed by atoms with Gasteiger partial charge in [0, 0.05) is 23.7 Å². The number of hydrogen-bond acceptors (Lipinski definition) is 5. The number of carbonyl (C=O) groups is 2. The van der Waals surface area contributed by atoms with Gasteiger partial charge < -0.3 is 9.47 Å². The first kappa shape index (κ1) is 22.6. The summed E-state index contributed by atoms with van der Waals surface area (Å²) in [6.07, 6.45) is 10.3. The van der Waals surface area contributed by atoms with Crippen molar-refractivity contribution in [2.24, 2.45) is 10.8 Å². The lowest BCUT2D eigenvalue weighted by atomic mass is 9.80. The number of thioether (sulfide) groups is 1. The van der Waals surface area contributed by atoms with Gasteiger partial charge in [0.15, 0.2) is 0 Å². The molecule has 0 amide bonds. The molecule has 27 heavy (non-hydrogen) atoms. The Hall–Kier alpha value is -0.710. The highest BCUT2D eigenvalue weighted by molar-refractivity contribution is 7.99. The summed E-state index contributed by atoms with van der Waals surface area (Å²) in [7, 11) is 0. The number of esters is 2. The van der Waals surface area contributed by atoms with Crippen molar-refractivity contribution in [3.8, 4) is 0 Å². The van der Waals surface area contributed by atoms with Crippen molar-refractivity contribution in [2.45, 2.75) is 104 Å². The molecule has 2 saturated heterocycles. The summed E-state index contributed by atoms with van der Waals surface area (Å²) in [5.41, 5.74) is 0.207. The number of carbonyl (C=O) groups excluding carboxylic acids is 2. The second-order valence-electron chi connectivity index (χ2n) is 9.54. The van der Waals surface area contributed by atoms with Gasteiger partial charge in [-0.15, -0.1) is 0 Å². The van der Waals surface area contributed by atoms with Crippen LogP contribution in [0, 0.1) is 10.8 Å². The molecule has 0 aromatic rings. The van der Waals surface area contributed by atoms with Crippen molar-refractivity contribution < 1.29 is 19.1 Å². The Kier molecular flexibility index (Phi) is 8.51. The zero-order valence-electron chi connectivity index (χ0n) is 17.7. The molecular formula is C22H38O4S. The first-order chi connectivity index (χ1) is 12.7. The van der Waals surface area contributed by atoms with E-state index < -0.39 is 0 Å². The van der Waals surface area contributed by atoms with E-state index in [-0.39, 0.29) is 35.0 Å². The summed E-state index contributed by atoms with van der Waals surface area (Å²) >= 11 is 2.05. The molecule has 2 aliphatic rings. The van der Waals surface area contributed by atoms with Crippen LogP contribution in [0.5, 0.6) is 0 Å². The number of unbranched alkanes of at least 4 members (excludes halogenated alkanes) is 2. The predicted octanol–water partition coefficient (Wildman–Crippen LogP) is 5.52. The van der Waals surface area contributed by atoms with Crippen LogP contribution < -0.4 is 0 Å². The molecule has 5 heteroatoms. The van der Waals surface area contributed by atoms with Gasteiger partial charge in [0.25, 0.3) is 0 Å². The van der Waals surface area contributed by atoms with Crippen molar-refractivity contribution in [3.63, 3.8) is 0 Å². The van der Waals surface area contributed by atoms with Gasteiger partial charge in [0.2, 0.25) is 0 Å². The van der Waals surface area contributed by atoms with Crippen LogP contribution in [-0.2, 0) is 19.1 Å². The van der Waals surface area contributed by atoms with Crippen LogP contribution in [0.3, 0.4) is 0 Å². The molecule has 2 heterocycles. The van der Waals surface area contributed by atoms with E-state index in [0.29, 0.717) is 12.8 Å². The molecule has 0 bridgehead atoms. The molecule has 2 fully saturated rings. The summed E-state index contributed by atoms with van der Waals surface area (Å²) in [4.78, 5) is 22.6. The summed E-state index contributed by atoms with van der Waals surface area (Å²) in [6.45, 7) is 8.92. The van der Waals surface area contributed by atoms with Gasteiger partial charge in [-0.05, 0) is 50.0 Å². The Bertz CT molecular complexity index is 457. The molecule has 2 atom stereocenters. The second kappa shape index (κ2) is 10.2. The minimum Gasteiger partial charge on any atom is -0.462 e. The maximum atomic E-state index is 11.3. The van der Waals surface area contributed by atoms with Crippen molar-refractivity contribution in [3.05, 3.63) is 0 Å². The monoisotopic (exact) mass is 398 g/mol. The topological polar surface area (TPSA) is 52.6 Å². The fourth-order valence-electron chi connectivity index (χ4n) is 4.14. The van der Waals surface area contributed by atoms with E-state index in [1.54, 1.807) is 0 Å². The van der Waals surface area contributed by atoms with Gasteiger partial charge in [-0.25, -0.2) is 0 Å². The molecule has 0 aromatic carbocycles. The van der Waals surface area contributed by atoms with Gasteiger partial charge in [0.1, 0.15) is 12.2 Å². The van der Waals surface area contributed by atoms with E-state index in [4.69, 9.17) is 9.47 Å². The lowest BCUT2D eigenvalue weighted by molar-refractivity contribution is -0.146. The Morgan fingerprint density at radius 1 is 0.778 bits per heavy atom. The smallest absolute Gasteiger partial charge is 0.306 e. The quantitative estimate of drug-likeness (QED) is 0.320. The maximum Gasteiger partial charge on any atom is 0.306 e. The molecule has 0 aromatic heterocycles. The van der Waals surface area contributed by atoms with E-state index in [1.165, 1.54) is 37.2 Å². The average Bonchev–Trinajstić information content (AvgIpc) is 3.22. The molecule has 0 radical (unpaired) electrons. The third-order valence-corrected chi connectivity index (χ3v) is 7.39. The Labute approximate surface area is 169 Å². The number of hydrogen-bond donors (Lipinski definition) is 0. The van der Waals surface area contributed by atoms with Crippen molar-refractivity contribution in [2.75, 3.05) is 11.5 Å². The third-order valence-electron chi connectivity index (χ3n) is 6.23. The highest BCUT2D eigenvalue weighted by Crippen LogP contribution is 2.37. The minimum atomic E-state index is -0.0297. The largest absolute Gasteiger partial charge is 0.462 e. The molecule has 0 saturated carbocycles. The summed E-state index contributed by atoms with van der Waals surface area (Å²) < 4.78 is 10.9. The molecule has 4 nitrogen and oxygen atoms in total. The highest BCUT2D eigenvalue weighted by atomic mass is 32.2. The third kappa shape index (κ3) is 7.32. The number of ether oxygens (including phenoxy) is 2. The maximum absolute atomic E-state index is 11.3. The number of rotatable bonds is 12. The van der Waals surface area contributed by atoms with Crippen molar-refractivity contribution >= 4 is 23.7 Å². The fraction of sp³-hybridized carbons (Fsp3) is 0.909. The summed E-state index contributed by atoms with van der Waals surface area (Å²) in [5.74, 6) is 2.37. The van der Waals surface area contributed by atoms with Crippen LogP contribution in [0.1, 0.15) is 91.9 Å². The highest BCUT2D eigenvalue weighted by Gasteiger charge is 2.37. The van der Waals surface area contributed by atoms with Gasteiger partial charge in [0.05, 0.1) is 0 Å². The van der Waals surface area contributed by atoms with Gasteiger partial charge in [-0.2, -0.15) is 11.8 Å². The Morgan fingerprint density at radius 3 is 1.52 bits per heavy atom. The Morgan fingerprint density at radius 2 is 1.19 bits per heavy atom. The van der Waals surface area contributed by atoms with Crippen molar-refractivity contribution in [1.82, 2.24) is 0 Å². The van der Waals surface area contributed by atoms with Crippen LogP contribution in [0.25, 0.3) is 0 Å². The van der Waals surface area contributed by atoms with E-state index in [1.807, 2.05) is 11.8 Å². The van der Waals surface area contributed by atoms with Crippen LogP contribution >= 0.6 is 11.8 Å². The lowest BCUT2D eigenvalue weighted by Gasteiger charge is -2.30. The average molecular weight is 399 g/mol. The standard InChI is InChI=1S/C22H38O4S/c1-21(2,17-9-11-19(23)25-17)13-5-7-15-27-16-8-6-14-22(3,4)18-10-12-20(24)26-18/h17-18H,5-16H2,1-4H3. The Balaban J connectivity index is 1.46. The van der Waals surface area contributed by atoms with Crippen molar-refractivity contribution in [1.29, 1.82) is 0 Å². The predicted molar refractivity (Wildman–Crippen MR) is 111 cm³/mol. The minimum absolute atomic E-state index is 0.0297. The van der Waals surface area contributed by atoms with Gasteiger partial charge >= 0.3 is 11.9 Å². The molecule has 156 valence electrons. The second-order valence-corrected chi connectivity index (χ2v) is 10.8. The van der Waals surface area contributed by atoms with Crippen LogP contribution in [0.2, 0.25) is 0 Å². The van der Waals surface area contributed by atoms with E-state index in [9.17, 15) is 9.59 Å². The molecule has 2 aliphatic heterocycles. The van der Waals surface area contributed by atoms with E-state index in [0.717, 1.165) is 25.7 Å². The molecule has 0 spiro atoms. The fourth-order valence-corrected chi connectivity index (χ4v) is 5.17. The van der Waals surface area contributed by atoms with Crippen LogP contribution in [-0.4, -0.2) is 35.7 Å². The first-order valence-corrected chi connectivity index (χ1v) is 11.8. The normalized spacial score (nSPS) is 23.6. The number of cyclic esters (lactones) is 2. The van der Waals surface area contributed by atoms with Gasteiger partial charge in [-0.3, -0.25) is 9.59 Å². The van der Waals surface area contributed by atoms with Gasteiger partial charge in [-0.1, -0.05) is 40.5 Å². The molecule has 0 N–H and O–H groups in total. The molecule has 0 aliphatic carbocycles. The summed E-state index contributed by atoms with van der Waals surface area (Å²) in [6, 6.07) is 0. The molecule has 2 rings (SSSR count). The zero-order chi connectivity index (χ0) is 19.9. The zero-order valence-corrected chi connectivity index (χ0v) is 18.5. The lowest BCUT2D eigenvalue weighted by Crippen LogP contribution is -2.29. The summed E-state index contributed by atoms with van der Waals surface area (Å²) in [5, 5.41) is 0.